The molecule has 0 aliphatic heterocycles. The van der Waals surface area contributed by atoms with E-state index >= 15 is 0 Å². The number of aromatic nitrogens is 1. The van der Waals surface area contributed by atoms with Gasteiger partial charge in [0.1, 0.15) is 0 Å². The molecule has 0 aliphatic carbocycles. The van der Waals surface area contributed by atoms with Crippen molar-refractivity contribution >= 4 is 16.8 Å². The van der Waals surface area contributed by atoms with Gasteiger partial charge in [-0.3, -0.25) is 4.79 Å². The third kappa shape index (κ3) is 3.58. The maximum absolute atomic E-state index is 12.1. The van der Waals surface area contributed by atoms with Crippen LogP contribution >= 0.6 is 0 Å². The van der Waals surface area contributed by atoms with Gasteiger partial charge in [0.05, 0.1) is 6.61 Å². The van der Waals surface area contributed by atoms with Gasteiger partial charge in [-0.1, -0.05) is 19.4 Å². The van der Waals surface area contributed by atoms with Gasteiger partial charge in [-0.2, -0.15) is 0 Å². The van der Waals surface area contributed by atoms with Crippen LogP contribution in [0.3, 0.4) is 0 Å². The zero-order chi connectivity index (χ0) is 13.5. The van der Waals surface area contributed by atoms with Crippen LogP contribution in [0.2, 0.25) is 0 Å². The molecule has 0 bridgehead atoms. The summed E-state index contributed by atoms with van der Waals surface area (Å²) in [6, 6.07) is 7.59. The fourth-order valence-electron chi connectivity index (χ4n) is 1.96. The van der Waals surface area contributed by atoms with Crippen LogP contribution in [0.5, 0.6) is 0 Å². The molecule has 2 aromatic rings. The molecule has 1 aromatic heterocycles. The number of H-pyrrole nitrogens is 1. The van der Waals surface area contributed by atoms with Crippen molar-refractivity contribution in [3.05, 3.63) is 36.0 Å². The van der Waals surface area contributed by atoms with Gasteiger partial charge in [-0.25, -0.2) is 0 Å². The van der Waals surface area contributed by atoms with Crippen molar-refractivity contribution in [2.45, 2.75) is 19.8 Å². The van der Waals surface area contributed by atoms with Crippen LogP contribution in [0.25, 0.3) is 10.9 Å². The Bertz CT molecular complexity index is 534. The molecule has 102 valence electrons. The average Bonchev–Trinajstić information content (AvgIpc) is 2.90. The number of ether oxygens (including phenoxy) is 1. The molecule has 4 nitrogen and oxygen atoms in total. The molecule has 0 spiro atoms. The van der Waals surface area contributed by atoms with Crippen LogP contribution in [0.1, 0.15) is 30.1 Å². The van der Waals surface area contributed by atoms with Gasteiger partial charge < -0.3 is 15.0 Å². The van der Waals surface area contributed by atoms with Crippen LogP contribution in [0, 0.1) is 0 Å². The Morgan fingerprint density at radius 3 is 3.05 bits per heavy atom. The van der Waals surface area contributed by atoms with Crippen molar-refractivity contribution in [1.29, 1.82) is 0 Å². The number of aromatic amines is 1. The number of carbonyl (C=O) groups is 1. The van der Waals surface area contributed by atoms with E-state index in [0.717, 1.165) is 30.4 Å². The highest BCUT2D eigenvalue weighted by atomic mass is 16.5. The van der Waals surface area contributed by atoms with E-state index in [4.69, 9.17) is 4.74 Å². The smallest absolute Gasteiger partial charge is 0.252 e. The summed E-state index contributed by atoms with van der Waals surface area (Å²) in [6.07, 6.45) is 4.04. The van der Waals surface area contributed by atoms with E-state index in [1.165, 1.54) is 0 Å². The number of amides is 1. The Kier molecular flexibility index (Phi) is 4.98. The topological polar surface area (TPSA) is 54.1 Å². The molecule has 4 heteroatoms. The fraction of sp³-hybridized carbons (Fsp3) is 0.400. The molecule has 2 N–H and O–H groups in total. The number of unbranched alkanes of at least 4 members (excludes halogenated alkanes) is 1. The summed E-state index contributed by atoms with van der Waals surface area (Å²) in [4.78, 5) is 15.2. The normalized spacial score (nSPS) is 10.8. The Labute approximate surface area is 113 Å². The predicted molar refractivity (Wildman–Crippen MR) is 76.4 cm³/mol. The van der Waals surface area contributed by atoms with Gasteiger partial charge in [0.2, 0.25) is 0 Å². The first-order chi connectivity index (χ1) is 9.33. The molecule has 0 radical (unpaired) electrons. The first-order valence-electron chi connectivity index (χ1n) is 6.75. The van der Waals surface area contributed by atoms with Crippen LogP contribution in [0.15, 0.2) is 30.5 Å². The lowest BCUT2D eigenvalue weighted by atomic mass is 10.1. The standard InChI is InChI=1S/C15H20N2O2/c1-2-3-10-19-11-9-17-15(18)13-5-4-6-14-12(13)7-8-16-14/h4-8,16H,2-3,9-11H2,1H3,(H,17,18). The lowest BCUT2D eigenvalue weighted by Crippen LogP contribution is -2.27. The minimum Gasteiger partial charge on any atom is -0.380 e. The molecule has 1 amide bonds. The van der Waals surface area contributed by atoms with Crippen molar-refractivity contribution in [3.63, 3.8) is 0 Å². The minimum atomic E-state index is -0.0516. The van der Waals surface area contributed by atoms with E-state index in [0.29, 0.717) is 18.7 Å². The molecule has 1 heterocycles. The minimum absolute atomic E-state index is 0.0516. The summed E-state index contributed by atoms with van der Waals surface area (Å²) in [5.41, 5.74) is 1.68. The zero-order valence-electron chi connectivity index (χ0n) is 11.2. The van der Waals surface area contributed by atoms with E-state index in [1.54, 1.807) is 0 Å². The van der Waals surface area contributed by atoms with Crippen molar-refractivity contribution in [2.75, 3.05) is 19.8 Å². The molecule has 0 aliphatic rings. The summed E-state index contributed by atoms with van der Waals surface area (Å²) in [5.74, 6) is -0.0516. The molecule has 0 saturated heterocycles. The Balaban J connectivity index is 1.85. The highest BCUT2D eigenvalue weighted by molar-refractivity contribution is 6.06. The number of hydrogen-bond donors (Lipinski definition) is 2. The second-order valence-corrected chi connectivity index (χ2v) is 4.47. The number of benzene rings is 1. The first-order valence-corrected chi connectivity index (χ1v) is 6.75. The summed E-state index contributed by atoms with van der Waals surface area (Å²) in [5, 5.41) is 3.83. The summed E-state index contributed by atoms with van der Waals surface area (Å²) in [6.45, 7) is 4.00. The van der Waals surface area contributed by atoms with Crippen molar-refractivity contribution < 1.29 is 9.53 Å². The van der Waals surface area contributed by atoms with E-state index in [1.807, 2.05) is 30.5 Å². The summed E-state index contributed by atoms with van der Waals surface area (Å²) >= 11 is 0. The number of fused-ring (bicyclic) bond motifs is 1. The van der Waals surface area contributed by atoms with Gasteiger partial charge in [-0.05, 0) is 24.6 Å². The largest absolute Gasteiger partial charge is 0.380 e. The van der Waals surface area contributed by atoms with Crippen LogP contribution in [-0.4, -0.2) is 30.6 Å². The van der Waals surface area contributed by atoms with Crippen LogP contribution in [0.4, 0.5) is 0 Å². The van der Waals surface area contributed by atoms with E-state index in [9.17, 15) is 4.79 Å². The molecule has 1 aromatic carbocycles. The Morgan fingerprint density at radius 2 is 2.21 bits per heavy atom. The molecule has 0 fully saturated rings. The first kappa shape index (κ1) is 13.6. The summed E-state index contributed by atoms with van der Waals surface area (Å²) < 4.78 is 5.41. The van der Waals surface area contributed by atoms with Gasteiger partial charge in [0.25, 0.3) is 5.91 Å². The quantitative estimate of drug-likeness (QED) is 0.752. The van der Waals surface area contributed by atoms with Crippen molar-refractivity contribution in [2.24, 2.45) is 0 Å². The predicted octanol–water partition coefficient (Wildman–Crippen LogP) is 2.71. The monoisotopic (exact) mass is 260 g/mol. The lowest BCUT2D eigenvalue weighted by Gasteiger charge is -2.07. The van der Waals surface area contributed by atoms with Gasteiger partial charge in [0, 0.05) is 35.8 Å². The molecule has 0 unspecified atom stereocenters. The molecular weight excluding hydrogens is 240 g/mol. The molecule has 19 heavy (non-hydrogen) atoms. The zero-order valence-corrected chi connectivity index (χ0v) is 11.2. The lowest BCUT2D eigenvalue weighted by molar-refractivity contribution is 0.0914. The van der Waals surface area contributed by atoms with Crippen molar-refractivity contribution in [3.8, 4) is 0 Å². The second-order valence-electron chi connectivity index (χ2n) is 4.47. The maximum atomic E-state index is 12.1. The number of carbonyl (C=O) groups excluding carboxylic acids is 1. The van der Waals surface area contributed by atoms with Gasteiger partial charge >= 0.3 is 0 Å². The van der Waals surface area contributed by atoms with E-state index in [2.05, 4.69) is 17.2 Å². The number of nitrogens with one attached hydrogen (secondary N) is 2. The maximum Gasteiger partial charge on any atom is 0.252 e. The molecule has 0 atom stereocenters. The average molecular weight is 260 g/mol. The number of rotatable bonds is 7. The van der Waals surface area contributed by atoms with E-state index < -0.39 is 0 Å². The SMILES string of the molecule is CCCCOCCNC(=O)c1cccc2[nH]ccc12. The van der Waals surface area contributed by atoms with E-state index in [-0.39, 0.29) is 5.91 Å². The van der Waals surface area contributed by atoms with Crippen LogP contribution in [-0.2, 0) is 4.74 Å². The fourth-order valence-corrected chi connectivity index (χ4v) is 1.96. The second kappa shape index (κ2) is 6.95. The molecular formula is C15H20N2O2. The third-order valence-corrected chi connectivity index (χ3v) is 3.01. The molecule has 0 saturated carbocycles. The van der Waals surface area contributed by atoms with Crippen molar-refractivity contribution in [1.82, 2.24) is 10.3 Å². The Morgan fingerprint density at radius 1 is 1.32 bits per heavy atom. The van der Waals surface area contributed by atoms with Gasteiger partial charge in [-0.15, -0.1) is 0 Å². The summed E-state index contributed by atoms with van der Waals surface area (Å²) in [7, 11) is 0. The highest BCUT2D eigenvalue weighted by Crippen LogP contribution is 2.16. The number of hydrogen-bond acceptors (Lipinski definition) is 2. The van der Waals surface area contributed by atoms with Crippen LogP contribution < -0.4 is 5.32 Å². The highest BCUT2D eigenvalue weighted by Gasteiger charge is 2.09. The van der Waals surface area contributed by atoms with Gasteiger partial charge in [0.15, 0.2) is 0 Å². The third-order valence-electron chi connectivity index (χ3n) is 3.01. The molecule has 2 rings (SSSR count). The Hall–Kier alpha value is -1.81.